The minimum atomic E-state index is -8.77. The molecule has 0 aliphatic carbocycles. The molecule has 0 aliphatic rings. The number of aromatic nitrogens is 1. The first-order valence-electron chi connectivity index (χ1n) is 6.01. The molecule has 2 rings (SSSR count). The summed E-state index contributed by atoms with van der Waals surface area (Å²) < 4.78 is 57.3. The van der Waals surface area contributed by atoms with E-state index in [0.717, 1.165) is 12.3 Å². The van der Waals surface area contributed by atoms with Gasteiger partial charge < -0.3 is 0 Å². The van der Waals surface area contributed by atoms with Gasteiger partial charge in [-0.25, -0.2) is 4.98 Å². The lowest BCUT2D eigenvalue weighted by atomic mass is 10.1. The highest BCUT2D eigenvalue weighted by molar-refractivity contribution is 9.10. The van der Waals surface area contributed by atoms with Crippen molar-refractivity contribution in [1.29, 1.82) is 0 Å². The molecule has 8 heteroatoms. The van der Waals surface area contributed by atoms with Crippen molar-refractivity contribution in [3.05, 3.63) is 63.6 Å². The van der Waals surface area contributed by atoms with Crippen LogP contribution >= 0.6 is 37.4 Å². The molecule has 1 nitrogen and oxygen atoms in total. The molecule has 122 valence electrons. The van der Waals surface area contributed by atoms with E-state index in [9.17, 15) is 15.5 Å². The Kier molecular flexibility index (Phi) is 4.09. The minimum Gasteiger partial charge on any atom is -0.242 e. The van der Waals surface area contributed by atoms with E-state index >= 15 is 0 Å². The first-order chi connectivity index (χ1) is 10.4. The van der Waals surface area contributed by atoms with Crippen LogP contribution < -0.4 is 0 Å². The molecular weight excluding hydrogens is 418 g/mol. The molecule has 0 aliphatic heterocycles. The van der Waals surface area contributed by atoms with Crippen LogP contribution in [0.2, 0.25) is 0 Å². The second-order valence-electron chi connectivity index (χ2n) is 4.63. The van der Waals surface area contributed by atoms with E-state index in [1.165, 1.54) is 24.3 Å². The van der Waals surface area contributed by atoms with Gasteiger partial charge in [0.2, 0.25) is 9.84 Å². The monoisotopic (exact) mass is 425 g/mol. The summed E-state index contributed by atoms with van der Waals surface area (Å²) in [6.45, 7) is 0. The number of rotatable bonds is 3. The summed E-state index contributed by atoms with van der Waals surface area (Å²) in [5.41, 5.74) is 0.471. The maximum Gasteiger partial charge on any atom is 0.220 e. The predicted octanol–water partition coefficient (Wildman–Crippen LogP) is 6.84. The van der Waals surface area contributed by atoms with Crippen molar-refractivity contribution in [2.75, 3.05) is 0 Å². The zero-order chi connectivity index (χ0) is 17.4. The number of terminal acetylenes is 1. The van der Waals surface area contributed by atoms with Crippen LogP contribution in [0.1, 0.15) is 11.1 Å². The van der Waals surface area contributed by atoms with Gasteiger partial charge in [0.25, 0.3) is 0 Å². The zero-order valence-electron chi connectivity index (χ0n) is 11.3. The van der Waals surface area contributed by atoms with Gasteiger partial charge in [0.1, 0.15) is 0 Å². The Labute approximate surface area is 143 Å². The van der Waals surface area contributed by atoms with Crippen LogP contribution in [0.5, 0.6) is 0 Å². The summed E-state index contributed by atoms with van der Waals surface area (Å²) in [6, 6.07) is 7.03. The molecule has 0 N–H and O–H groups in total. The molecule has 1 aromatic carbocycles. The van der Waals surface area contributed by atoms with Gasteiger partial charge in [-0.3, -0.25) is 0 Å². The molecule has 2 aromatic rings. The molecule has 1 aromatic heterocycles. The van der Waals surface area contributed by atoms with Crippen molar-refractivity contribution in [1.82, 2.24) is 4.98 Å². The third kappa shape index (κ3) is 4.08. The van der Waals surface area contributed by atoms with Gasteiger partial charge in [-0.15, -0.1) is 22.0 Å². The van der Waals surface area contributed by atoms with E-state index in [1.54, 1.807) is 0 Å². The van der Waals surface area contributed by atoms with E-state index in [1.807, 2.05) is 0 Å². The van der Waals surface area contributed by atoms with Crippen molar-refractivity contribution < 1.29 is 15.5 Å². The summed E-state index contributed by atoms with van der Waals surface area (Å²) in [5.74, 6) is 2.32. The van der Waals surface area contributed by atoms with Gasteiger partial charge in [0.15, 0.2) is 5.03 Å². The predicted molar refractivity (Wildman–Crippen MR) is 90.4 cm³/mol. The van der Waals surface area contributed by atoms with Gasteiger partial charge in [0.05, 0.1) is 10.4 Å². The van der Waals surface area contributed by atoms with Gasteiger partial charge in [-0.05, 0) is 45.8 Å². The molecule has 23 heavy (non-hydrogen) atoms. The zero-order valence-corrected chi connectivity index (χ0v) is 14.5. The quantitative estimate of drug-likeness (QED) is 0.387. The minimum absolute atomic E-state index is 0.00150. The van der Waals surface area contributed by atoms with E-state index in [-0.39, 0.29) is 5.56 Å². The normalized spacial score (nSPS) is 15.4. The lowest BCUT2D eigenvalue weighted by Crippen LogP contribution is -2.12. The lowest BCUT2D eigenvalue weighted by molar-refractivity contribution is 0.459. The second-order valence-corrected chi connectivity index (χ2v) is 8.88. The summed E-state index contributed by atoms with van der Waals surface area (Å²) in [7, 11) is -8.77. The number of benzene rings is 1. The number of hydrogen-bond acceptors (Lipinski definition) is 1. The van der Waals surface area contributed by atoms with E-state index in [0.29, 0.717) is 16.1 Å². The highest BCUT2D eigenvalue weighted by Gasteiger charge is 2.64. The molecular formula is C15H9BrClF4NS. The Bertz CT molecular complexity index is 820. The van der Waals surface area contributed by atoms with Crippen LogP contribution in [0.4, 0.5) is 15.5 Å². The summed E-state index contributed by atoms with van der Waals surface area (Å²) in [4.78, 5) is 3.14. The van der Waals surface area contributed by atoms with Crippen molar-refractivity contribution in [2.45, 2.75) is 5.03 Å². The first kappa shape index (κ1) is 17.9. The highest BCUT2D eigenvalue weighted by atomic mass is 79.9. The average Bonchev–Trinajstić information content (AvgIpc) is 2.46. The largest absolute Gasteiger partial charge is 0.242 e. The fraction of sp³-hybridized carbons (Fsp3) is 0. The molecule has 0 spiro atoms. The van der Waals surface area contributed by atoms with Crippen LogP contribution in [0.3, 0.4) is 0 Å². The van der Waals surface area contributed by atoms with E-state index in [2.05, 4.69) is 26.8 Å². The summed E-state index contributed by atoms with van der Waals surface area (Å²) >= 11 is 8.64. The molecule has 0 saturated heterocycles. The van der Waals surface area contributed by atoms with Crippen LogP contribution in [0.25, 0.3) is 5.03 Å². The third-order valence-corrected chi connectivity index (χ3v) is 5.56. The molecule has 0 unspecified atom stereocenters. The Morgan fingerprint density at radius 3 is 2.22 bits per heavy atom. The maximum absolute atomic E-state index is 14.3. The SMILES string of the molecule is C#Cc1ccc(/C(Cl)=C\S(F)(F)(F)(F)c2ccc(Br)cn2)cc1. The Hall–Kier alpha value is -1.49. The maximum atomic E-state index is 14.3. The molecule has 0 fully saturated rings. The molecule has 0 atom stereocenters. The van der Waals surface area contributed by atoms with Crippen LogP contribution in [-0.2, 0) is 0 Å². The van der Waals surface area contributed by atoms with E-state index < -0.39 is 25.3 Å². The van der Waals surface area contributed by atoms with Crippen molar-refractivity contribution in [3.63, 3.8) is 0 Å². The van der Waals surface area contributed by atoms with Gasteiger partial charge >= 0.3 is 0 Å². The van der Waals surface area contributed by atoms with Crippen LogP contribution in [0, 0.1) is 12.3 Å². The molecule has 0 amide bonds. The molecule has 0 saturated carbocycles. The fourth-order valence-corrected chi connectivity index (χ4v) is 3.87. The average molecular weight is 427 g/mol. The van der Waals surface area contributed by atoms with Crippen LogP contribution in [-0.4, -0.2) is 4.98 Å². The first-order valence-corrected chi connectivity index (χ1v) is 9.30. The van der Waals surface area contributed by atoms with Gasteiger partial charge in [-0.2, -0.15) is 0 Å². The second kappa shape index (κ2) is 5.26. The Balaban J connectivity index is 2.55. The topological polar surface area (TPSA) is 12.9 Å². The molecule has 1 heterocycles. The number of halogens is 6. The van der Waals surface area contributed by atoms with Gasteiger partial charge in [-0.1, -0.05) is 29.7 Å². The van der Waals surface area contributed by atoms with E-state index in [4.69, 9.17) is 18.0 Å². The fourth-order valence-electron chi connectivity index (χ4n) is 1.68. The Morgan fingerprint density at radius 2 is 1.74 bits per heavy atom. The molecule has 0 radical (unpaired) electrons. The van der Waals surface area contributed by atoms with Crippen molar-refractivity contribution in [3.8, 4) is 12.3 Å². The summed E-state index contributed by atoms with van der Waals surface area (Å²) in [5, 5.41) is -2.90. The highest BCUT2D eigenvalue weighted by Crippen LogP contribution is 3.01. The Morgan fingerprint density at radius 1 is 1.13 bits per heavy atom. The number of pyridine rings is 1. The smallest absolute Gasteiger partial charge is 0.220 e. The number of hydrogen-bond donors (Lipinski definition) is 0. The third-order valence-electron chi connectivity index (χ3n) is 2.81. The van der Waals surface area contributed by atoms with Gasteiger partial charge in [0, 0.05) is 16.2 Å². The lowest BCUT2D eigenvalue weighted by Gasteiger charge is -2.46. The van der Waals surface area contributed by atoms with Crippen molar-refractivity contribution >= 4 is 42.4 Å². The van der Waals surface area contributed by atoms with Crippen LogP contribution in [0.15, 0.2) is 57.5 Å². The number of nitrogens with zero attached hydrogens (tertiary/aromatic N) is 1. The summed E-state index contributed by atoms with van der Waals surface area (Å²) in [6.07, 6.45) is 6.04. The standard InChI is InChI=1S/C15H9BrClF4NS/c1-2-11-3-5-12(6-4-11)14(17)10-23(18,19,20,21)15-8-7-13(16)9-22-15/h1,3-10H/b14-10+. The van der Waals surface area contributed by atoms with Crippen molar-refractivity contribution in [2.24, 2.45) is 0 Å². The molecule has 0 bridgehead atoms.